The monoisotopic (exact) mass is 484 g/mol. The van der Waals surface area contributed by atoms with E-state index in [0.717, 1.165) is 14.6 Å². The second-order valence-corrected chi connectivity index (χ2v) is 9.16. The number of carbonyl (C=O) groups excluding carboxylic acids is 2. The first-order valence-electron chi connectivity index (χ1n) is 9.41. The average molecular weight is 485 g/mol. The van der Waals surface area contributed by atoms with Crippen molar-refractivity contribution in [1.82, 2.24) is 9.97 Å². The second-order valence-electron chi connectivity index (χ2n) is 6.52. The van der Waals surface area contributed by atoms with Crippen molar-refractivity contribution in [2.45, 2.75) is 4.34 Å². The number of hydrogen-bond donors (Lipinski definition) is 2. The maximum atomic E-state index is 12.6. The third kappa shape index (κ3) is 5.37. The molecular weight excluding hydrogens is 468 g/mol. The van der Waals surface area contributed by atoms with E-state index in [-0.39, 0.29) is 17.6 Å². The van der Waals surface area contributed by atoms with Crippen LogP contribution in [0.25, 0.3) is 10.2 Å². The molecule has 0 saturated carbocycles. The van der Waals surface area contributed by atoms with Crippen LogP contribution in [-0.4, -0.2) is 34.6 Å². The van der Waals surface area contributed by atoms with Gasteiger partial charge in [-0.3, -0.25) is 9.59 Å². The summed E-state index contributed by atoms with van der Waals surface area (Å²) in [4.78, 5) is 33.3. The maximum Gasteiger partial charge on any atom is 0.259 e. The Labute approximate surface area is 197 Å². The highest BCUT2D eigenvalue weighted by molar-refractivity contribution is 8.01. The zero-order chi connectivity index (χ0) is 22.5. The summed E-state index contributed by atoms with van der Waals surface area (Å²) >= 11 is 8.63. The highest BCUT2D eigenvalue weighted by Gasteiger charge is 2.13. The number of benzene rings is 2. The minimum absolute atomic E-state index is 0.165. The lowest BCUT2D eigenvalue weighted by atomic mass is 10.2. The number of fused-ring (bicyclic) bond motifs is 1. The first-order valence-corrected chi connectivity index (χ1v) is 11.6. The Bertz CT molecular complexity index is 1300. The molecule has 0 bridgehead atoms. The van der Waals surface area contributed by atoms with Gasteiger partial charge in [0.15, 0.2) is 4.34 Å². The van der Waals surface area contributed by atoms with Crippen molar-refractivity contribution in [1.29, 1.82) is 0 Å². The molecule has 10 heteroatoms. The van der Waals surface area contributed by atoms with E-state index in [4.69, 9.17) is 16.3 Å². The van der Waals surface area contributed by atoms with Crippen LogP contribution in [0.4, 0.5) is 11.4 Å². The molecule has 2 aromatic carbocycles. The first-order chi connectivity index (χ1) is 15.5. The molecule has 162 valence electrons. The summed E-state index contributed by atoms with van der Waals surface area (Å²) < 4.78 is 6.92. The quantitative estimate of drug-likeness (QED) is 0.272. The number of pyridine rings is 1. The Hall–Kier alpha value is -3.14. The molecule has 4 aromatic rings. The standard InChI is InChI=1S/C22H17ClN4O3S2/c1-30-17-5-3-2-4-15(17)21(29)26-13-6-7-16-18(10-13)32-22(27-16)31-12-20(28)25-14-8-9-24-19(23)11-14/h2-11H,12H2,1H3,(H,26,29)(H,24,25,28). The Balaban J connectivity index is 1.40. The van der Waals surface area contributed by atoms with Crippen LogP contribution in [0.1, 0.15) is 10.4 Å². The predicted molar refractivity (Wildman–Crippen MR) is 129 cm³/mol. The Kier molecular flexibility index (Phi) is 6.89. The summed E-state index contributed by atoms with van der Waals surface area (Å²) in [5, 5.41) is 5.98. The highest BCUT2D eigenvalue weighted by Crippen LogP contribution is 2.31. The van der Waals surface area contributed by atoms with Crippen molar-refractivity contribution in [3.63, 3.8) is 0 Å². The number of thioether (sulfide) groups is 1. The van der Waals surface area contributed by atoms with Gasteiger partial charge in [-0.2, -0.15) is 0 Å². The fraction of sp³-hybridized carbons (Fsp3) is 0.0909. The smallest absolute Gasteiger partial charge is 0.259 e. The molecular formula is C22H17ClN4O3S2. The molecule has 2 amide bonds. The van der Waals surface area contributed by atoms with E-state index in [1.165, 1.54) is 36.4 Å². The van der Waals surface area contributed by atoms with E-state index < -0.39 is 0 Å². The lowest BCUT2D eigenvalue weighted by molar-refractivity contribution is -0.113. The summed E-state index contributed by atoms with van der Waals surface area (Å²) in [5.41, 5.74) is 2.50. The lowest BCUT2D eigenvalue weighted by Gasteiger charge is -2.09. The number of ether oxygens (including phenoxy) is 1. The number of carbonyl (C=O) groups is 2. The fourth-order valence-electron chi connectivity index (χ4n) is 2.88. The van der Waals surface area contributed by atoms with Gasteiger partial charge in [-0.1, -0.05) is 35.5 Å². The van der Waals surface area contributed by atoms with Crippen LogP contribution in [0.2, 0.25) is 5.15 Å². The fourth-order valence-corrected chi connectivity index (χ4v) is 4.96. The van der Waals surface area contributed by atoms with Crippen LogP contribution in [0.5, 0.6) is 5.75 Å². The first kappa shape index (κ1) is 22.1. The van der Waals surface area contributed by atoms with Crippen molar-refractivity contribution in [2.24, 2.45) is 0 Å². The van der Waals surface area contributed by atoms with E-state index in [2.05, 4.69) is 20.6 Å². The molecule has 2 aromatic heterocycles. The molecule has 32 heavy (non-hydrogen) atoms. The van der Waals surface area contributed by atoms with Crippen molar-refractivity contribution in [3.8, 4) is 5.75 Å². The topological polar surface area (TPSA) is 93.2 Å². The van der Waals surface area contributed by atoms with Gasteiger partial charge in [0.05, 0.1) is 28.6 Å². The summed E-state index contributed by atoms with van der Waals surface area (Å²) in [6, 6.07) is 15.8. The molecule has 0 unspecified atom stereocenters. The van der Waals surface area contributed by atoms with Gasteiger partial charge in [-0.15, -0.1) is 11.3 Å². The van der Waals surface area contributed by atoms with E-state index >= 15 is 0 Å². The molecule has 0 aliphatic rings. The van der Waals surface area contributed by atoms with E-state index in [1.54, 1.807) is 36.4 Å². The second kappa shape index (κ2) is 9.99. The number of aromatic nitrogens is 2. The number of hydrogen-bond acceptors (Lipinski definition) is 7. The molecule has 0 fully saturated rings. The number of rotatable bonds is 7. The van der Waals surface area contributed by atoms with Crippen LogP contribution in [-0.2, 0) is 4.79 Å². The van der Waals surface area contributed by atoms with E-state index in [9.17, 15) is 9.59 Å². The highest BCUT2D eigenvalue weighted by atomic mass is 35.5. The largest absolute Gasteiger partial charge is 0.496 e. The van der Waals surface area contributed by atoms with Gasteiger partial charge < -0.3 is 15.4 Å². The Morgan fingerprint density at radius 2 is 1.91 bits per heavy atom. The normalized spacial score (nSPS) is 10.7. The Morgan fingerprint density at radius 3 is 2.72 bits per heavy atom. The molecule has 0 aliphatic heterocycles. The number of thiazole rings is 1. The average Bonchev–Trinajstić information content (AvgIpc) is 3.20. The molecule has 2 N–H and O–H groups in total. The third-order valence-electron chi connectivity index (χ3n) is 4.32. The zero-order valence-electron chi connectivity index (χ0n) is 16.8. The summed E-state index contributed by atoms with van der Waals surface area (Å²) in [7, 11) is 1.53. The van der Waals surface area contributed by atoms with Crippen LogP contribution >= 0.6 is 34.7 Å². The number of anilines is 2. The van der Waals surface area contributed by atoms with Crippen LogP contribution in [0, 0.1) is 0 Å². The number of amides is 2. The van der Waals surface area contributed by atoms with Crippen molar-refractivity contribution in [2.75, 3.05) is 23.5 Å². The Morgan fingerprint density at radius 1 is 1.09 bits per heavy atom. The van der Waals surface area contributed by atoms with Gasteiger partial charge in [0.2, 0.25) is 5.91 Å². The van der Waals surface area contributed by atoms with Gasteiger partial charge in [-0.05, 0) is 42.5 Å². The molecule has 0 radical (unpaired) electrons. The van der Waals surface area contributed by atoms with Crippen molar-refractivity contribution < 1.29 is 14.3 Å². The van der Waals surface area contributed by atoms with Gasteiger partial charge >= 0.3 is 0 Å². The summed E-state index contributed by atoms with van der Waals surface area (Å²) in [5.74, 6) is 0.293. The number of nitrogens with one attached hydrogen (secondary N) is 2. The molecule has 7 nitrogen and oxygen atoms in total. The minimum atomic E-state index is -0.256. The van der Waals surface area contributed by atoms with Gasteiger partial charge in [0.25, 0.3) is 5.91 Å². The van der Waals surface area contributed by atoms with E-state index in [0.29, 0.717) is 27.8 Å². The molecule has 0 atom stereocenters. The van der Waals surface area contributed by atoms with Crippen LogP contribution < -0.4 is 15.4 Å². The van der Waals surface area contributed by atoms with Crippen LogP contribution in [0.3, 0.4) is 0 Å². The molecule has 4 rings (SSSR count). The summed E-state index contributed by atoms with van der Waals surface area (Å²) in [6.07, 6.45) is 1.53. The lowest BCUT2D eigenvalue weighted by Crippen LogP contribution is -2.13. The zero-order valence-corrected chi connectivity index (χ0v) is 19.2. The van der Waals surface area contributed by atoms with E-state index in [1.807, 2.05) is 18.2 Å². The number of nitrogens with zero attached hydrogens (tertiary/aromatic N) is 2. The molecule has 0 aliphatic carbocycles. The molecule has 2 heterocycles. The van der Waals surface area contributed by atoms with Gasteiger partial charge in [0, 0.05) is 17.6 Å². The predicted octanol–water partition coefficient (Wildman–Crippen LogP) is 5.34. The number of methoxy groups -OCH3 is 1. The number of para-hydroxylation sites is 1. The SMILES string of the molecule is COc1ccccc1C(=O)Nc1ccc2nc(SCC(=O)Nc3ccnc(Cl)c3)sc2c1. The minimum Gasteiger partial charge on any atom is -0.496 e. The number of halogens is 1. The summed E-state index contributed by atoms with van der Waals surface area (Å²) in [6.45, 7) is 0. The molecule has 0 spiro atoms. The maximum absolute atomic E-state index is 12.6. The van der Waals surface area contributed by atoms with Gasteiger partial charge in [0.1, 0.15) is 10.9 Å². The van der Waals surface area contributed by atoms with Gasteiger partial charge in [-0.25, -0.2) is 9.97 Å². The molecule has 0 saturated heterocycles. The third-order valence-corrected chi connectivity index (χ3v) is 6.68. The van der Waals surface area contributed by atoms with Crippen molar-refractivity contribution >= 4 is 68.1 Å². The van der Waals surface area contributed by atoms with Crippen LogP contribution in [0.15, 0.2) is 65.1 Å². The van der Waals surface area contributed by atoms with Crippen molar-refractivity contribution in [3.05, 3.63) is 71.5 Å².